The van der Waals surface area contributed by atoms with Crippen molar-refractivity contribution in [1.29, 1.82) is 0 Å². The molecule has 1 aromatic carbocycles. The first-order valence-corrected chi connectivity index (χ1v) is 6.34. The Kier molecular flexibility index (Phi) is 3.53. The Balaban J connectivity index is 3.21. The lowest BCUT2D eigenvalue weighted by atomic mass is 10.2. The summed E-state index contributed by atoms with van der Waals surface area (Å²) < 4.78 is 22.5. The third-order valence-corrected chi connectivity index (χ3v) is 3.05. The highest BCUT2D eigenvalue weighted by Crippen LogP contribution is 2.18. The van der Waals surface area contributed by atoms with Crippen LogP contribution in [0.25, 0.3) is 0 Å². The van der Waals surface area contributed by atoms with E-state index in [-0.39, 0.29) is 4.90 Å². The number of sulfone groups is 1. The van der Waals surface area contributed by atoms with Crippen LogP contribution >= 0.6 is 11.6 Å². The predicted octanol–water partition coefficient (Wildman–Crippen LogP) is 1.46. The summed E-state index contributed by atoms with van der Waals surface area (Å²) in [5.74, 6) is 0. The third-order valence-electron chi connectivity index (χ3n) is 1.74. The van der Waals surface area contributed by atoms with Crippen LogP contribution in [0.2, 0.25) is 5.02 Å². The fraction of sp³-hybridized carbons (Fsp3) is 0.333. The lowest BCUT2D eigenvalue weighted by Crippen LogP contribution is -2.06. The number of halogens is 1. The van der Waals surface area contributed by atoms with Gasteiger partial charge in [-0.25, -0.2) is 8.42 Å². The Morgan fingerprint density at radius 1 is 1.36 bits per heavy atom. The molecule has 5 heteroatoms. The van der Waals surface area contributed by atoms with Crippen molar-refractivity contribution in [3.05, 3.63) is 28.8 Å². The first kappa shape index (κ1) is 11.5. The molecule has 0 spiro atoms. The van der Waals surface area contributed by atoms with E-state index in [4.69, 9.17) is 11.6 Å². The molecule has 0 heterocycles. The second-order valence-electron chi connectivity index (χ2n) is 3.10. The molecule has 3 nitrogen and oxygen atoms in total. The molecule has 0 fully saturated rings. The second kappa shape index (κ2) is 4.29. The van der Waals surface area contributed by atoms with E-state index in [1.165, 1.54) is 12.3 Å². The van der Waals surface area contributed by atoms with Crippen LogP contribution in [0.1, 0.15) is 5.56 Å². The minimum atomic E-state index is -3.18. The molecule has 0 atom stereocenters. The Bertz CT molecular complexity index is 428. The molecule has 14 heavy (non-hydrogen) atoms. The van der Waals surface area contributed by atoms with Gasteiger partial charge >= 0.3 is 0 Å². The van der Waals surface area contributed by atoms with Gasteiger partial charge in [-0.2, -0.15) is 0 Å². The van der Waals surface area contributed by atoms with Gasteiger partial charge in [0.05, 0.1) is 4.90 Å². The van der Waals surface area contributed by atoms with Crippen LogP contribution in [0.5, 0.6) is 0 Å². The van der Waals surface area contributed by atoms with Gasteiger partial charge in [0.2, 0.25) is 0 Å². The molecule has 0 saturated carbocycles. The van der Waals surface area contributed by atoms with E-state index in [9.17, 15) is 8.42 Å². The Morgan fingerprint density at radius 3 is 2.50 bits per heavy atom. The molecule has 1 aromatic rings. The molecule has 0 aromatic heterocycles. The predicted molar refractivity (Wildman–Crippen MR) is 57.3 cm³/mol. The Hall–Kier alpha value is -0.580. The van der Waals surface area contributed by atoms with E-state index in [2.05, 4.69) is 5.32 Å². The third kappa shape index (κ3) is 2.97. The summed E-state index contributed by atoms with van der Waals surface area (Å²) in [4.78, 5) is 0.259. The summed E-state index contributed by atoms with van der Waals surface area (Å²) in [5.41, 5.74) is 0.862. The van der Waals surface area contributed by atoms with Gasteiger partial charge in [-0.1, -0.05) is 11.6 Å². The molecular formula is C9H12ClNO2S. The summed E-state index contributed by atoms with van der Waals surface area (Å²) in [7, 11) is -1.39. The highest BCUT2D eigenvalue weighted by atomic mass is 35.5. The quantitative estimate of drug-likeness (QED) is 0.860. The molecule has 0 aliphatic carbocycles. The molecule has 78 valence electrons. The van der Waals surface area contributed by atoms with Gasteiger partial charge in [0.25, 0.3) is 0 Å². The van der Waals surface area contributed by atoms with Gasteiger partial charge in [0.15, 0.2) is 9.84 Å². The minimum Gasteiger partial charge on any atom is -0.316 e. The standard InChI is InChI=1S/C9H12ClNO2S/c1-11-6-7-3-8(10)5-9(4-7)14(2,12)13/h3-5,11H,6H2,1-2H3. The molecule has 0 aliphatic heterocycles. The van der Waals surface area contributed by atoms with E-state index in [1.807, 2.05) is 0 Å². The summed E-state index contributed by atoms with van der Waals surface area (Å²) in [6.45, 7) is 0.600. The van der Waals surface area contributed by atoms with Crippen molar-refractivity contribution >= 4 is 21.4 Å². The van der Waals surface area contributed by atoms with Crippen molar-refractivity contribution in [3.8, 4) is 0 Å². The summed E-state index contributed by atoms with van der Waals surface area (Å²) >= 11 is 5.80. The zero-order chi connectivity index (χ0) is 10.8. The molecular weight excluding hydrogens is 222 g/mol. The smallest absolute Gasteiger partial charge is 0.175 e. The lowest BCUT2D eigenvalue weighted by molar-refractivity contribution is 0.601. The van der Waals surface area contributed by atoms with Gasteiger partial charge in [-0.05, 0) is 30.8 Å². The topological polar surface area (TPSA) is 46.2 Å². The number of rotatable bonds is 3. The van der Waals surface area contributed by atoms with Crippen molar-refractivity contribution in [1.82, 2.24) is 5.32 Å². The van der Waals surface area contributed by atoms with Gasteiger partial charge in [0, 0.05) is 17.8 Å². The van der Waals surface area contributed by atoms with Crippen LogP contribution in [0.4, 0.5) is 0 Å². The second-order valence-corrected chi connectivity index (χ2v) is 5.55. The highest BCUT2D eigenvalue weighted by molar-refractivity contribution is 7.90. The molecule has 0 unspecified atom stereocenters. The maximum absolute atomic E-state index is 11.3. The zero-order valence-corrected chi connectivity index (χ0v) is 9.61. The summed E-state index contributed by atoms with van der Waals surface area (Å²) in [6, 6.07) is 4.82. The average Bonchev–Trinajstić information content (AvgIpc) is 2.02. The molecule has 1 N–H and O–H groups in total. The first-order chi connectivity index (χ1) is 6.43. The number of benzene rings is 1. The minimum absolute atomic E-state index is 0.259. The average molecular weight is 234 g/mol. The zero-order valence-electron chi connectivity index (χ0n) is 8.04. The summed E-state index contributed by atoms with van der Waals surface area (Å²) in [6.07, 6.45) is 1.17. The maximum Gasteiger partial charge on any atom is 0.175 e. The van der Waals surface area contributed by atoms with Gasteiger partial charge in [-0.15, -0.1) is 0 Å². The SMILES string of the molecule is CNCc1cc(Cl)cc(S(C)(=O)=O)c1. The van der Waals surface area contributed by atoms with E-state index in [0.717, 1.165) is 5.56 Å². The Labute approximate surface area is 89.0 Å². The van der Waals surface area contributed by atoms with Crippen LogP contribution in [0.3, 0.4) is 0 Å². The first-order valence-electron chi connectivity index (χ1n) is 4.07. The van der Waals surface area contributed by atoms with E-state index in [0.29, 0.717) is 11.6 Å². The van der Waals surface area contributed by atoms with Crippen molar-refractivity contribution in [2.24, 2.45) is 0 Å². The number of hydrogen-bond acceptors (Lipinski definition) is 3. The van der Waals surface area contributed by atoms with Crippen LogP contribution in [0.15, 0.2) is 23.1 Å². The number of nitrogens with one attached hydrogen (secondary N) is 1. The fourth-order valence-electron chi connectivity index (χ4n) is 1.14. The largest absolute Gasteiger partial charge is 0.316 e. The highest BCUT2D eigenvalue weighted by Gasteiger charge is 2.09. The van der Waals surface area contributed by atoms with Gasteiger partial charge in [0.1, 0.15) is 0 Å². The summed E-state index contributed by atoms with van der Waals surface area (Å²) in [5, 5.41) is 3.38. The molecule has 1 rings (SSSR count). The van der Waals surface area contributed by atoms with E-state index in [1.54, 1.807) is 19.2 Å². The lowest BCUT2D eigenvalue weighted by Gasteiger charge is -2.04. The van der Waals surface area contributed by atoms with Crippen LogP contribution < -0.4 is 5.32 Å². The van der Waals surface area contributed by atoms with Crippen molar-refractivity contribution in [3.63, 3.8) is 0 Å². The van der Waals surface area contributed by atoms with Crippen LogP contribution in [0, 0.1) is 0 Å². The van der Waals surface area contributed by atoms with Crippen molar-refractivity contribution < 1.29 is 8.42 Å². The van der Waals surface area contributed by atoms with Crippen LogP contribution in [-0.2, 0) is 16.4 Å². The van der Waals surface area contributed by atoms with Gasteiger partial charge < -0.3 is 5.32 Å². The Morgan fingerprint density at radius 2 is 2.00 bits per heavy atom. The van der Waals surface area contributed by atoms with Crippen molar-refractivity contribution in [2.75, 3.05) is 13.3 Å². The number of hydrogen-bond donors (Lipinski definition) is 1. The molecule has 0 radical (unpaired) electrons. The molecule has 0 bridgehead atoms. The monoisotopic (exact) mass is 233 g/mol. The molecule has 0 saturated heterocycles. The molecule has 0 aliphatic rings. The maximum atomic E-state index is 11.3. The van der Waals surface area contributed by atoms with E-state index < -0.39 is 9.84 Å². The fourth-order valence-corrected chi connectivity index (χ4v) is 2.17. The molecule has 0 amide bonds. The van der Waals surface area contributed by atoms with Crippen molar-refractivity contribution in [2.45, 2.75) is 11.4 Å². The normalized spacial score (nSPS) is 11.6. The van der Waals surface area contributed by atoms with Gasteiger partial charge in [-0.3, -0.25) is 0 Å². The van der Waals surface area contributed by atoms with E-state index >= 15 is 0 Å². The van der Waals surface area contributed by atoms with Crippen LogP contribution in [-0.4, -0.2) is 21.7 Å².